The summed E-state index contributed by atoms with van der Waals surface area (Å²) in [4.78, 5) is 20.4. The number of amidine groups is 1. The van der Waals surface area contributed by atoms with Crippen LogP contribution >= 0.6 is 11.8 Å². The van der Waals surface area contributed by atoms with E-state index in [4.69, 9.17) is 0 Å². The molecule has 6 heteroatoms. The van der Waals surface area contributed by atoms with Gasteiger partial charge in [0.05, 0.1) is 11.6 Å². The van der Waals surface area contributed by atoms with E-state index in [1.807, 2.05) is 0 Å². The van der Waals surface area contributed by atoms with Gasteiger partial charge in [0.15, 0.2) is 5.17 Å². The Morgan fingerprint density at radius 1 is 1.29 bits per heavy atom. The van der Waals surface area contributed by atoms with Crippen LogP contribution in [0.4, 0.5) is 4.39 Å². The lowest BCUT2D eigenvalue weighted by Gasteiger charge is -2.05. The molecule has 1 atom stereocenters. The maximum Gasteiger partial charge on any atom is 0.258 e. The van der Waals surface area contributed by atoms with E-state index in [9.17, 15) is 9.18 Å². The lowest BCUT2D eigenvalue weighted by molar-refractivity contribution is 0.0977. The molecule has 0 spiro atoms. The molecule has 1 aliphatic heterocycles. The number of benzene rings is 1. The van der Waals surface area contributed by atoms with Gasteiger partial charge in [0.2, 0.25) is 0 Å². The van der Waals surface area contributed by atoms with Gasteiger partial charge in [-0.1, -0.05) is 23.9 Å². The number of nitrogens with one attached hydrogen (secondary N) is 1. The minimum atomic E-state index is -0.265. The number of pyridine rings is 1. The van der Waals surface area contributed by atoms with Crippen molar-refractivity contribution in [2.45, 2.75) is 6.04 Å². The molecule has 4 nitrogen and oxygen atoms in total. The normalized spacial score (nSPS) is 17.4. The van der Waals surface area contributed by atoms with Crippen molar-refractivity contribution < 1.29 is 9.18 Å². The van der Waals surface area contributed by atoms with Crippen LogP contribution in [0.25, 0.3) is 0 Å². The van der Waals surface area contributed by atoms with E-state index in [-0.39, 0.29) is 17.8 Å². The van der Waals surface area contributed by atoms with Crippen molar-refractivity contribution in [3.05, 3.63) is 65.7 Å². The van der Waals surface area contributed by atoms with Crippen molar-refractivity contribution >= 4 is 22.8 Å². The van der Waals surface area contributed by atoms with Crippen LogP contribution in [-0.4, -0.2) is 21.8 Å². The Hall–Kier alpha value is -2.21. The highest BCUT2D eigenvalue weighted by Crippen LogP contribution is 2.29. The van der Waals surface area contributed by atoms with Crippen LogP contribution in [0.5, 0.6) is 0 Å². The molecular formula is C15H12FN3OS. The maximum absolute atomic E-state index is 12.9. The third kappa shape index (κ3) is 3.28. The Kier molecular flexibility index (Phi) is 3.96. The Balaban J connectivity index is 1.69. The van der Waals surface area contributed by atoms with Gasteiger partial charge in [-0.2, -0.15) is 0 Å². The third-order valence-electron chi connectivity index (χ3n) is 3.05. The summed E-state index contributed by atoms with van der Waals surface area (Å²) in [6.07, 6.45) is 3.12. The van der Waals surface area contributed by atoms with E-state index < -0.39 is 0 Å². The Morgan fingerprint density at radius 2 is 2.10 bits per heavy atom. The Morgan fingerprint density at radius 3 is 2.81 bits per heavy atom. The number of amides is 1. The fourth-order valence-electron chi connectivity index (χ4n) is 1.96. The van der Waals surface area contributed by atoms with Crippen molar-refractivity contribution in [3.8, 4) is 0 Å². The van der Waals surface area contributed by atoms with Crippen molar-refractivity contribution in [1.29, 1.82) is 0 Å². The zero-order valence-electron chi connectivity index (χ0n) is 11.0. The summed E-state index contributed by atoms with van der Waals surface area (Å²) in [5.74, 6) is 0.237. The molecular weight excluding hydrogens is 289 g/mol. The van der Waals surface area contributed by atoms with Gasteiger partial charge in [-0.25, -0.2) is 4.39 Å². The fourth-order valence-corrected chi connectivity index (χ4v) is 2.91. The van der Waals surface area contributed by atoms with E-state index in [0.717, 1.165) is 11.3 Å². The molecule has 1 amide bonds. The first-order chi connectivity index (χ1) is 10.2. The third-order valence-corrected chi connectivity index (χ3v) is 4.01. The van der Waals surface area contributed by atoms with Crippen LogP contribution in [0.2, 0.25) is 0 Å². The summed E-state index contributed by atoms with van der Waals surface area (Å²) in [5, 5.41) is 3.35. The number of aliphatic imine (C=N–C) groups is 1. The van der Waals surface area contributed by atoms with Crippen molar-refractivity contribution in [2.75, 3.05) is 5.75 Å². The van der Waals surface area contributed by atoms with Gasteiger partial charge in [0.1, 0.15) is 5.82 Å². The molecule has 2 aromatic rings. The molecule has 1 N–H and O–H groups in total. The second kappa shape index (κ2) is 6.05. The van der Waals surface area contributed by atoms with E-state index in [1.165, 1.54) is 30.1 Å². The lowest BCUT2D eigenvalue weighted by atomic mass is 10.1. The molecule has 106 valence electrons. The van der Waals surface area contributed by atoms with Crippen LogP contribution in [0.15, 0.2) is 53.8 Å². The van der Waals surface area contributed by atoms with Crippen molar-refractivity contribution in [1.82, 2.24) is 10.3 Å². The molecule has 1 aromatic heterocycles. The fraction of sp³-hybridized carbons (Fsp3) is 0.133. The predicted octanol–water partition coefficient (Wildman–Crippen LogP) is 2.79. The van der Waals surface area contributed by atoms with Crippen molar-refractivity contribution in [3.63, 3.8) is 0 Å². The number of rotatable bonds is 2. The monoisotopic (exact) mass is 301 g/mol. The minimum absolute atomic E-state index is 0.0557. The van der Waals surface area contributed by atoms with Crippen LogP contribution in [0.3, 0.4) is 0 Å². The lowest BCUT2D eigenvalue weighted by Crippen LogP contribution is -2.27. The molecule has 1 aromatic carbocycles. The zero-order valence-corrected chi connectivity index (χ0v) is 11.8. The highest BCUT2D eigenvalue weighted by atomic mass is 32.2. The molecule has 0 bridgehead atoms. The van der Waals surface area contributed by atoms with Gasteiger partial charge < -0.3 is 5.32 Å². The van der Waals surface area contributed by atoms with E-state index >= 15 is 0 Å². The zero-order chi connectivity index (χ0) is 14.7. The molecule has 1 aliphatic rings. The molecule has 0 unspecified atom stereocenters. The maximum atomic E-state index is 12.9. The number of nitrogens with zero attached hydrogens (tertiary/aromatic N) is 2. The largest absolute Gasteiger partial charge is 0.301 e. The molecule has 0 fully saturated rings. The Bertz CT molecular complexity index is 673. The smallest absolute Gasteiger partial charge is 0.258 e. The van der Waals surface area contributed by atoms with Gasteiger partial charge in [0.25, 0.3) is 5.91 Å². The summed E-state index contributed by atoms with van der Waals surface area (Å²) < 4.78 is 12.9. The molecule has 0 radical (unpaired) electrons. The predicted molar refractivity (Wildman–Crippen MR) is 80.7 cm³/mol. The number of halogens is 1. The van der Waals surface area contributed by atoms with Crippen LogP contribution < -0.4 is 5.32 Å². The number of carbonyl (C=O) groups excluding carboxylic acids is 1. The first kappa shape index (κ1) is 13.8. The highest BCUT2D eigenvalue weighted by molar-refractivity contribution is 8.14. The molecule has 2 heterocycles. The summed E-state index contributed by atoms with van der Waals surface area (Å²) in [6.45, 7) is 0. The highest BCUT2D eigenvalue weighted by Gasteiger charge is 2.21. The minimum Gasteiger partial charge on any atom is -0.301 e. The van der Waals surface area contributed by atoms with Crippen LogP contribution in [0.1, 0.15) is 22.0 Å². The number of hydrogen-bond acceptors (Lipinski definition) is 4. The summed E-state index contributed by atoms with van der Waals surface area (Å²) in [7, 11) is 0. The second-order valence-corrected chi connectivity index (χ2v) is 5.52. The molecule has 3 rings (SSSR count). The van der Waals surface area contributed by atoms with E-state index in [2.05, 4.69) is 15.3 Å². The van der Waals surface area contributed by atoms with Crippen LogP contribution in [0, 0.1) is 5.82 Å². The molecule has 0 saturated heterocycles. The number of hydrogen-bond donors (Lipinski definition) is 1. The van der Waals surface area contributed by atoms with Gasteiger partial charge in [-0.3, -0.25) is 14.8 Å². The standard InChI is InChI=1S/C15H12FN3OS/c16-12-5-3-10(4-6-12)13-9-21-15(18-13)19-14(20)11-2-1-7-17-8-11/h1-8,13H,9H2,(H,18,19,20)/t13-/m0/s1. The van der Waals surface area contributed by atoms with E-state index in [1.54, 1.807) is 30.5 Å². The molecule has 0 aliphatic carbocycles. The summed E-state index contributed by atoms with van der Waals surface area (Å²) in [5.41, 5.74) is 1.43. The molecule has 21 heavy (non-hydrogen) atoms. The van der Waals surface area contributed by atoms with Gasteiger partial charge in [-0.15, -0.1) is 0 Å². The number of carbonyl (C=O) groups is 1. The number of aromatic nitrogens is 1. The van der Waals surface area contributed by atoms with Gasteiger partial charge in [-0.05, 0) is 29.8 Å². The molecule has 0 saturated carbocycles. The van der Waals surface area contributed by atoms with Crippen LogP contribution in [-0.2, 0) is 0 Å². The number of thioether (sulfide) groups is 1. The average Bonchev–Trinajstić information content (AvgIpc) is 2.97. The summed E-state index contributed by atoms with van der Waals surface area (Å²) in [6, 6.07) is 9.62. The first-order valence-corrected chi connectivity index (χ1v) is 7.38. The SMILES string of the molecule is O=C(NC1=N[C@H](c2ccc(F)cc2)CS1)c1cccnc1. The first-order valence-electron chi connectivity index (χ1n) is 6.40. The van der Waals surface area contributed by atoms with Gasteiger partial charge >= 0.3 is 0 Å². The topological polar surface area (TPSA) is 54.4 Å². The van der Waals surface area contributed by atoms with Crippen molar-refractivity contribution in [2.24, 2.45) is 4.99 Å². The summed E-state index contributed by atoms with van der Waals surface area (Å²) >= 11 is 1.48. The average molecular weight is 301 g/mol. The Labute approximate surface area is 125 Å². The van der Waals surface area contributed by atoms with E-state index in [0.29, 0.717) is 10.7 Å². The van der Waals surface area contributed by atoms with Gasteiger partial charge in [0, 0.05) is 18.1 Å². The second-order valence-electron chi connectivity index (χ2n) is 4.51. The quantitative estimate of drug-likeness (QED) is 0.928.